The molecule has 2 heterocycles. The molecule has 1 aromatic carbocycles. The Morgan fingerprint density at radius 1 is 1.10 bits per heavy atom. The lowest BCUT2D eigenvalue weighted by molar-refractivity contribution is -0.138. The number of pyridine rings is 1. The number of aromatic nitrogens is 1. The van der Waals surface area contributed by atoms with E-state index in [-0.39, 0.29) is 30.7 Å². The third kappa shape index (κ3) is 4.90. The van der Waals surface area contributed by atoms with Gasteiger partial charge in [0, 0.05) is 52.3 Å². The summed E-state index contributed by atoms with van der Waals surface area (Å²) in [4.78, 5) is 31.5. The largest absolute Gasteiger partial charge is 0.474 e. The van der Waals surface area contributed by atoms with Gasteiger partial charge in [-0.15, -0.1) is 0 Å². The van der Waals surface area contributed by atoms with Crippen molar-refractivity contribution in [2.45, 2.75) is 25.1 Å². The van der Waals surface area contributed by atoms with E-state index in [2.05, 4.69) is 4.98 Å². The van der Waals surface area contributed by atoms with Crippen LogP contribution in [0.1, 0.15) is 39.1 Å². The Hall–Kier alpha value is -3.10. The van der Waals surface area contributed by atoms with Crippen LogP contribution in [0.2, 0.25) is 0 Å². The number of hydrogen-bond donors (Lipinski definition) is 0. The summed E-state index contributed by atoms with van der Waals surface area (Å²) in [6.45, 7) is 0.569. The number of alkyl halides is 3. The molecule has 0 N–H and O–H groups in total. The highest BCUT2D eigenvalue weighted by molar-refractivity contribution is 5.96. The third-order valence-corrected chi connectivity index (χ3v) is 4.87. The van der Waals surface area contributed by atoms with E-state index in [1.54, 1.807) is 26.2 Å². The highest BCUT2D eigenvalue weighted by Crippen LogP contribution is 2.32. The smallest absolute Gasteiger partial charge is 0.417 e. The number of rotatable bonds is 4. The summed E-state index contributed by atoms with van der Waals surface area (Å²) >= 11 is 0. The average Bonchev–Trinajstić information content (AvgIpc) is 2.73. The van der Waals surface area contributed by atoms with Crippen molar-refractivity contribution >= 4 is 11.8 Å². The lowest BCUT2D eigenvalue weighted by Gasteiger charge is -2.32. The number of nitrogens with zero attached hydrogens (tertiary/aromatic N) is 3. The maximum atomic E-state index is 13.2. The van der Waals surface area contributed by atoms with E-state index >= 15 is 0 Å². The van der Waals surface area contributed by atoms with Gasteiger partial charge in [0.05, 0.1) is 16.7 Å². The van der Waals surface area contributed by atoms with Gasteiger partial charge in [-0.3, -0.25) is 9.59 Å². The number of carbonyl (C=O) groups is 2. The minimum atomic E-state index is -4.58. The zero-order valence-electron chi connectivity index (χ0n) is 16.6. The summed E-state index contributed by atoms with van der Waals surface area (Å²) in [5.41, 5.74) is -0.826. The summed E-state index contributed by atoms with van der Waals surface area (Å²) in [5.74, 6) is -0.441. The quantitative estimate of drug-likeness (QED) is 0.758. The SMILES string of the molecule is CN(C)C(=O)c1ccc(OC2CCN(C(=O)c3ccccc3C(F)(F)F)CC2)nc1. The molecule has 0 bridgehead atoms. The average molecular weight is 421 g/mol. The van der Waals surface area contributed by atoms with Crippen LogP contribution in [-0.4, -0.2) is 59.9 Å². The molecule has 1 aromatic heterocycles. The molecule has 1 aliphatic heterocycles. The minimum absolute atomic E-state index is 0.167. The van der Waals surface area contributed by atoms with E-state index in [0.29, 0.717) is 24.3 Å². The zero-order chi connectivity index (χ0) is 21.9. The number of amides is 2. The molecule has 1 saturated heterocycles. The van der Waals surface area contributed by atoms with Gasteiger partial charge in [0.25, 0.3) is 11.8 Å². The van der Waals surface area contributed by atoms with Gasteiger partial charge in [0.15, 0.2) is 0 Å². The second-order valence-electron chi connectivity index (χ2n) is 7.24. The van der Waals surface area contributed by atoms with Crippen molar-refractivity contribution in [1.82, 2.24) is 14.8 Å². The minimum Gasteiger partial charge on any atom is -0.474 e. The molecule has 0 aliphatic carbocycles. The van der Waals surface area contributed by atoms with Gasteiger partial charge in [0.2, 0.25) is 5.88 Å². The second kappa shape index (κ2) is 8.73. The molecule has 0 unspecified atom stereocenters. The fourth-order valence-corrected chi connectivity index (χ4v) is 3.27. The molecule has 3 rings (SSSR count). The van der Waals surface area contributed by atoms with Gasteiger partial charge in [0.1, 0.15) is 6.10 Å². The predicted molar refractivity (Wildman–Crippen MR) is 103 cm³/mol. The van der Waals surface area contributed by atoms with Crippen LogP contribution in [0.5, 0.6) is 5.88 Å². The molecular formula is C21H22F3N3O3. The first kappa shape index (κ1) is 21.6. The van der Waals surface area contributed by atoms with Gasteiger partial charge < -0.3 is 14.5 Å². The Morgan fingerprint density at radius 2 is 1.77 bits per heavy atom. The Labute approximate surface area is 172 Å². The fraction of sp³-hybridized carbons (Fsp3) is 0.381. The first-order valence-electron chi connectivity index (χ1n) is 9.46. The maximum absolute atomic E-state index is 13.2. The molecule has 0 saturated carbocycles. The first-order chi connectivity index (χ1) is 14.2. The normalized spacial score (nSPS) is 15.0. The standard InChI is InChI=1S/C21H22F3N3O3/c1-26(2)19(28)14-7-8-18(25-13-14)30-15-9-11-27(12-10-15)20(29)16-5-3-4-6-17(16)21(22,23)24/h3-8,13,15H,9-12H2,1-2H3. The predicted octanol–water partition coefficient (Wildman–Crippen LogP) is 3.49. The van der Waals surface area contributed by atoms with Crippen LogP contribution in [0, 0.1) is 0 Å². The molecule has 0 radical (unpaired) electrons. The van der Waals surface area contributed by atoms with E-state index in [9.17, 15) is 22.8 Å². The monoisotopic (exact) mass is 421 g/mol. The van der Waals surface area contributed by atoms with Crippen molar-refractivity contribution in [3.05, 3.63) is 59.3 Å². The Morgan fingerprint density at radius 3 is 2.33 bits per heavy atom. The maximum Gasteiger partial charge on any atom is 0.417 e. The highest BCUT2D eigenvalue weighted by Gasteiger charge is 2.36. The van der Waals surface area contributed by atoms with Gasteiger partial charge in [-0.2, -0.15) is 13.2 Å². The van der Waals surface area contributed by atoms with Crippen molar-refractivity contribution in [2.24, 2.45) is 0 Å². The molecule has 6 nitrogen and oxygen atoms in total. The van der Waals surface area contributed by atoms with Gasteiger partial charge in [-0.25, -0.2) is 4.98 Å². The summed E-state index contributed by atoms with van der Waals surface area (Å²) in [6.07, 6.45) is -2.42. The van der Waals surface area contributed by atoms with Crippen molar-refractivity contribution in [3.63, 3.8) is 0 Å². The molecule has 1 aliphatic rings. The first-order valence-corrected chi connectivity index (χ1v) is 9.46. The molecule has 0 spiro atoms. The zero-order valence-corrected chi connectivity index (χ0v) is 16.6. The molecule has 0 atom stereocenters. The van der Waals surface area contributed by atoms with Crippen LogP contribution in [-0.2, 0) is 6.18 Å². The van der Waals surface area contributed by atoms with Crippen LogP contribution < -0.4 is 4.74 Å². The summed E-state index contributed by atoms with van der Waals surface area (Å²) in [5, 5.41) is 0. The van der Waals surface area contributed by atoms with Crippen LogP contribution in [0.4, 0.5) is 13.2 Å². The lowest BCUT2D eigenvalue weighted by Crippen LogP contribution is -2.42. The Balaban J connectivity index is 1.59. The number of hydrogen-bond acceptors (Lipinski definition) is 4. The van der Waals surface area contributed by atoms with Gasteiger partial charge in [-0.1, -0.05) is 12.1 Å². The number of ether oxygens (including phenoxy) is 1. The van der Waals surface area contributed by atoms with Gasteiger partial charge in [-0.05, 0) is 18.2 Å². The summed E-state index contributed by atoms with van der Waals surface area (Å²) < 4.78 is 45.4. The van der Waals surface area contributed by atoms with E-state index in [4.69, 9.17) is 4.74 Å². The van der Waals surface area contributed by atoms with Crippen LogP contribution in [0.3, 0.4) is 0 Å². The van der Waals surface area contributed by atoms with Crippen molar-refractivity contribution in [1.29, 1.82) is 0 Å². The molecule has 160 valence electrons. The Kier molecular flexibility index (Phi) is 6.28. The van der Waals surface area contributed by atoms with E-state index < -0.39 is 17.6 Å². The molecular weight excluding hydrogens is 399 g/mol. The number of carbonyl (C=O) groups excluding carboxylic acids is 2. The van der Waals surface area contributed by atoms with Crippen LogP contribution in [0.15, 0.2) is 42.6 Å². The molecule has 9 heteroatoms. The van der Waals surface area contributed by atoms with E-state index in [0.717, 1.165) is 6.07 Å². The van der Waals surface area contributed by atoms with Crippen LogP contribution in [0.25, 0.3) is 0 Å². The summed E-state index contributed by atoms with van der Waals surface area (Å²) in [7, 11) is 3.30. The highest BCUT2D eigenvalue weighted by atomic mass is 19.4. The molecule has 30 heavy (non-hydrogen) atoms. The van der Waals surface area contributed by atoms with Crippen LogP contribution >= 0.6 is 0 Å². The van der Waals surface area contributed by atoms with Gasteiger partial charge >= 0.3 is 6.18 Å². The second-order valence-corrected chi connectivity index (χ2v) is 7.24. The van der Waals surface area contributed by atoms with Crippen molar-refractivity contribution in [3.8, 4) is 5.88 Å². The molecule has 1 fully saturated rings. The summed E-state index contributed by atoms with van der Waals surface area (Å²) in [6, 6.07) is 8.04. The number of likely N-dealkylation sites (tertiary alicyclic amines) is 1. The third-order valence-electron chi connectivity index (χ3n) is 4.87. The lowest BCUT2D eigenvalue weighted by atomic mass is 10.0. The Bertz CT molecular complexity index is 906. The number of piperidine rings is 1. The molecule has 2 amide bonds. The fourth-order valence-electron chi connectivity index (χ4n) is 3.27. The van der Waals surface area contributed by atoms with Crippen molar-refractivity contribution < 1.29 is 27.5 Å². The number of halogens is 3. The topological polar surface area (TPSA) is 62.7 Å². The van der Waals surface area contributed by atoms with E-state index in [1.165, 1.54) is 34.2 Å². The number of benzene rings is 1. The van der Waals surface area contributed by atoms with E-state index in [1.807, 2.05) is 0 Å². The van der Waals surface area contributed by atoms with Crippen molar-refractivity contribution in [2.75, 3.05) is 27.2 Å². The molecule has 2 aromatic rings.